The van der Waals surface area contributed by atoms with E-state index in [0.29, 0.717) is 12.5 Å². The summed E-state index contributed by atoms with van der Waals surface area (Å²) in [4.78, 5) is 0. The van der Waals surface area contributed by atoms with Crippen LogP contribution < -0.4 is 0 Å². The van der Waals surface area contributed by atoms with Crippen LogP contribution in [0.15, 0.2) is 0 Å². The van der Waals surface area contributed by atoms with Gasteiger partial charge in [0.15, 0.2) is 0 Å². The second kappa shape index (κ2) is 4.82. The average Bonchev–Trinajstić information content (AvgIpc) is 1.97. The molecule has 0 aromatic carbocycles. The molecule has 0 rings (SSSR count). The summed E-state index contributed by atoms with van der Waals surface area (Å²) >= 11 is 0. The van der Waals surface area contributed by atoms with E-state index in [1.54, 1.807) is 7.05 Å². The lowest BCUT2D eigenvalue weighted by Gasteiger charge is -2.16. The molecule has 12 heavy (non-hydrogen) atoms. The third-order valence-corrected chi connectivity index (χ3v) is 3.51. The molecule has 0 bridgehead atoms. The van der Waals surface area contributed by atoms with Crippen molar-refractivity contribution in [2.75, 3.05) is 19.8 Å². The first kappa shape index (κ1) is 11.9. The number of hydrogen-bond donors (Lipinski definition) is 0. The Balaban J connectivity index is 3.80. The zero-order valence-corrected chi connectivity index (χ0v) is 9.19. The Morgan fingerprint density at radius 1 is 1.42 bits per heavy atom. The fraction of sp³-hybridized carbons (Fsp3) is 1.00. The average molecular weight is 193 g/mol. The number of hydrogen-bond acceptors (Lipinski definition) is 2. The lowest BCUT2D eigenvalue weighted by molar-refractivity contribution is 0.412. The molecule has 0 radical (unpaired) electrons. The van der Waals surface area contributed by atoms with Gasteiger partial charge in [0.2, 0.25) is 10.0 Å². The molecular formula is C8H19NO2S. The zero-order valence-electron chi connectivity index (χ0n) is 8.37. The Labute approximate surface area is 75.8 Å². The molecule has 1 unspecified atom stereocenters. The van der Waals surface area contributed by atoms with Gasteiger partial charge in [-0.25, -0.2) is 12.7 Å². The first-order valence-corrected chi connectivity index (χ1v) is 6.14. The minimum atomic E-state index is -2.97. The summed E-state index contributed by atoms with van der Waals surface area (Å²) in [6.07, 6.45) is 3.29. The van der Waals surface area contributed by atoms with Gasteiger partial charge in [-0.2, -0.15) is 0 Å². The van der Waals surface area contributed by atoms with Crippen molar-refractivity contribution in [2.24, 2.45) is 5.92 Å². The van der Waals surface area contributed by atoms with E-state index < -0.39 is 10.0 Å². The maximum absolute atomic E-state index is 11.0. The van der Waals surface area contributed by atoms with Gasteiger partial charge in [-0.15, -0.1) is 0 Å². The van der Waals surface area contributed by atoms with E-state index in [4.69, 9.17) is 0 Å². The summed E-state index contributed by atoms with van der Waals surface area (Å²) in [5, 5.41) is 0. The third-order valence-electron chi connectivity index (χ3n) is 2.20. The fourth-order valence-electron chi connectivity index (χ4n) is 0.772. The molecule has 0 aromatic rings. The van der Waals surface area contributed by atoms with Crippen LogP contribution in [0.4, 0.5) is 0 Å². The van der Waals surface area contributed by atoms with E-state index in [-0.39, 0.29) is 0 Å². The van der Waals surface area contributed by atoms with Gasteiger partial charge >= 0.3 is 0 Å². The second-order valence-corrected chi connectivity index (χ2v) is 5.48. The molecule has 0 aliphatic heterocycles. The number of sulfonamides is 1. The van der Waals surface area contributed by atoms with Crippen LogP contribution in [-0.2, 0) is 10.0 Å². The van der Waals surface area contributed by atoms with E-state index in [1.807, 2.05) is 0 Å². The topological polar surface area (TPSA) is 37.4 Å². The van der Waals surface area contributed by atoms with Crippen LogP contribution in [0.1, 0.15) is 26.7 Å². The molecule has 3 nitrogen and oxygen atoms in total. The molecular weight excluding hydrogens is 174 g/mol. The summed E-state index contributed by atoms with van der Waals surface area (Å²) in [5.74, 6) is 0.606. The Morgan fingerprint density at radius 3 is 2.25 bits per heavy atom. The molecule has 0 saturated heterocycles. The molecule has 4 heteroatoms. The Bertz CT molecular complexity index is 211. The molecule has 0 heterocycles. The molecule has 0 aromatic heterocycles. The van der Waals surface area contributed by atoms with Crippen LogP contribution in [0.2, 0.25) is 0 Å². The summed E-state index contributed by atoms with van der Waals surface area (Å²) in [6.45, 7) is 4.88. The highest BCUT2D eigenvalue weighted by atomic mass is 32.2. The minimum Gasteiger partial charge on any atom is -0.213 e. The highest BCUT2D eigenvalue weighted by Gasteiger charge is 2.10. The lowest BCUT2D eigenvalue weighted by atomic mass is 10.1. The Hall–Kier alpha value is -0.0900. The molecule has 0 aliphatic rings. The van der Waals surface area contributed by atoms with Crippen LogP contribution in [0, 0.1) is 5.92 Å². The van der Waals surface area contributed by atoms with Gasteiger partial charge in [0, 0.05) is 13.6 Å². The summed E-state index contributed by atoms with van der Waals surface area (Å²) < 4.78 is 23.3. The highest BCUT2D eigenvalue weighted by Crippen LogP contribution is 2.07. The lowest BCUT2D eigenvalue weighted by Crippen LogP contribution is -2.27. The summed E-state index contributed by atoms with van der Waals surface area (Å²) in [7, 11) is -1.35. The Morgan fingerprint density at radius 2 is 1.92 bits per heavy atom. The number of nitrogens with zero attached hydrogens (tertiary/aromatic N) is 1. The first-order chi connectivity index (χ1) is 5.38. The standard InChI is InChI=1S/C8H19NO2S/c1-5-8(2)6-7-9(3)12(4,10)11/h8H,5-7H2,1-4H3. The van der Waals surface area contributed by atoms with Crippen molar-refractivity contribution < 1.29 is 8.42 Å². The van der Waals surface area contributed by atoms with E-state index in [2.05, 4.69) is 13.8 Å². The van der Waals surface area contributed by atoms with Gasteiger partial charge in [-0.1, -0.05) is 20.3 Å². The van der Waals surface area contributed by atoms with Crippen molar-refractivity contribution in [2.45, 2.75) is 26.7 Å². The monoisotopic (exact) mass is 193 g/mol. The molecule has 0 N–H and O–H groups in total. The molecule has 0 aliphatic carbocycles. The van der Waals surface area contributed by atoms with Crippen LogP contribution in [0.25, 0.3) is 0 Å². The largest absolute Gasteiger partial charge is 0.213 e. The maximum Gasteiger partial charge on any atom is 0.210 e. The SMILES string of the molecule is CCC(C)CCN(C)S(C)(=O)=O. The van der Waals surface area contributed by atoms with Crippen molar-refractivity contribution in [3.05, 3.63) is 0 Å². The predicted molar refractivity (Wildman–Crippen MR) is 51.5 cm³/mol. The van der Waals surface area contributed by atoms with Crippen molar-refractivity contribution in [1.82, 2.24) is 4.31 Å². The van der Waals surface area contributed by atoms with Gasteiger partial charge in [-0.3, -0.25) is 0 Å². The highest BCUT2D eigenvalue weighted by molar-refractivity contribution is 7.88. The predicted octanol–water partition coefficient (Wildman–Crippen LogP) is 1.31. The smallest absolute Gasteiger partial charge is 0.210 e. The first-order valence-electron chi connectivity index (χ1n) is 4.29. The second-order valence-electron chi connectivity index (χ2n) is 3.39. The molecule has 1 atom stereocenters. The minimum absolute atomic E-state index is 0.606. The summed E-state index contributed by atoms with van der Waals surface area (Å²) in [5.41, 5.74) is 0. The normalized spacial score (nSPS) is 15.1. The third kappa shape index (κ3) is 4.72. The van der Waals surface area contributed by atoms with Gasteiger partial charge < -0.3 is 0 Å². The van der Waals surface area contributed by atoms with Gasteiger partial charge in [-0.05, 0) is 12.3 Å². The summed E-state index contributed by atoms with van der Waals surface area (Å²) in [6, 6.07) is 0. The van der Waals surface area contributed by atoms with Gasteiger partial charge in [0.05, 0.1) is 6.26 Å². The fourth-order valence-corrected chi connectivity index (χ4v) is 1.21. The quantitative estimate of drug-likeness (QED) is 0.660. The molecule has 0 saturated carbocycles. The van der Waals surface area contributed by atoms with E-state index >= 15 is 0 Å². The van der Waals surface area contributed by atoms with E-state index in [1.165, 1.54) is 10.6 Å². The van der Waals surface area contributed by atoms with Crippen LogP contribution in [-0.4, -0.2) is 32.6 Å². The van der Waals surface area contributed by atoms with Crippen molar-refractivity contribution in [1.29, 1.82) is 0 Å². The van der Waals surface area contributed by atoms with Gasteiger partial charge in [0.1, 0.15) is 0 Å². The van der Waals surface area contributed by atoms with Crippen LogP contribution >= 0.6 is 0 Å². The van der Waals surface area contributed by atoms with Crippen LogP contribution in [0.3, 0.4) is 0 Å². The molecule has 74 valence electrons. The van der Waals surface area contributed by atoms with Gasteiger partial charge in [0.25, 0.3) is 0 Å². The molecule has 0 fully saturated rings. The molecule has 0 spiro atoms. The maximum atomic E-state index is 11.0. The zero-order chi connectivity index (χ0) is 9.78. The van der Waals surface area contributed by atoms with E-state index in [0.717, 1.165) is 12.8 Å². The number of rotatable bonds is 5. The van der Waals surface area contributed by atoms with Crippen LogP contribution in [0.5, 0.6) is 0 Å². The van der Waals surface area contributed by atoms with Crippen molar-refractivity contribution in [3.63, 3.8) is 0 Å². The van der Waals surface area contributed by atoms with E-state index in [9.17, 15) is 8.42 Å². The molecule has 0 amide bonds. The van der Waals surface area contributed by atoms with Crippen molar-refractivity contribution in [3.8, 4) is 0 Å². The van der Waals surface area contributed by atoms with Crippen molar-refractivity contribution >= 4 is 10.0 Å². The Kier molecular flexibility index (Phi) is 4.78.